The quantitative estimate of drug-likeness (QED) is 0.472. The van der Waals surface area contributed by atoms with Gasteiger partial charge in [-0.3, -0.25) is 14.9 Å². The first-order valence-electron chi connectivity index (χ1n) is 7.82. The van der Waals surface area contributed by atoms with Crippen LogP contribution in [0.15, 0.2) is 45.9 Å². The van der Waals surface area contributed by atoms with Gasteiger partial charge in [-0.15, -0.1) is 0 Å². The van der Waals surface area contributed by atoms with Gasteiger partial charge in [-0.25, -0.2) is 5.43 Å². The molecule has 0 spiro atoms. The summed E-state index contributed by atoms with van der Waals surface area (Å²) in [4.78, 5) is 22.0. The molecule has 3 rings (SSSR count). The number of carbonyl (C=O) groups is 1. The lowest BCUT2D eigenvalue weighted by atomic mass is 10.3. The number of furan rings is 1. The van der Waals surface area contributed by atoms with Crippen molar-refractivity contribution < 1.29 is 18.9 Å². The van der Waals surface area contributed by atoms with Gasteiger partial charge in [-0.1, -0.05) is 19.1 Å². The average Bonchev–Trinajstić information content (AvgIpc) is 3.14. The summed E-state index contributed by atoms with van der Waals surface area (Å²) in [5, 5.41) is 14.7. The van der Waals surface area contributed by atoms with Crippen molar-refractivity contribution >= 4 is 17.8 Å². The molecule has 8 heteroatoms. The minimum atomic E-state index is -0.569. The van der Waals surface area contributed by atoms with Gasteiger partial charge in [0.05, 0.1) is 11.1 Å². The zero-order valence-corrected chi connectivity index (χ0v) is 13.5. The first-order chi connectivity index (χ1) is 12.0. The number of nitro benzene ring substituents is 1. The van der Waals surface area contributed by atoms with Gasteiger partial charge in [-0.2, -0.15) is 5.10 Å². The van der Waals surface area contributed by atoms with Crippen LogP contribution in [-0.4, -0.2) is 23.7 Å². The number of nitro groups is 1. The second-order valence-corrected chi connectivity index (χ2v) is 5.87. The molecule has 0 radical (unpaired) electrons. The Hall–Kier alpha value is -3.16. The second kappa shape index (κ2) is 7.16. The van der Waals surface area contributed by atoms with Gasteiger partial charge in [-0.05, 0) is 30.5 Å². The molecule has 1 aromatic carbocycles. The van der Waals surface area contributed by atoms with Gasteiger partial charge < -0.3 is 9.15 Å². The van der Waals surface area contributed by atoms with Crippen molar-refractivity contribution in [2.45, 2.75) is 19.3 Å². The summed E-state index contributed by atoms with van der Waals surface area (Å²) in [6, 6.07) is 9.55. The third-order valence-corrected chi connectivity index (χ3v) is 3.92. The molecule has 1 amide bonds. The molecule has 0 bridgehead atoms. The highest BCUT2D eigenvalue weighted by Crippen LogP contribution is 2.47. The summed E-state index contributed by atoms with van der Waals surface area (Å²) in [6.45, 7) is 1.78. The lowest BCUT2D eigenvalue weighted by Crippen LogP contribution is -2.24. The maximum Gasteiger partial charge on any atom is 0.310 e. The van der Waals surface area contributed by atoms with Crippen LogP contribution in [-0.2, 0) is 4.79 Å². The van der Waals surface area contributed by atoms with E-state index in [4.69, 9.17) is 9.15 Å². The van der Waals surface area contributed by atoms with Gasteiger partial charge in [0, 0.05) is 12.0 Å². The molecule has 0 aliphatic heterocycles. The summed E-state index contributed by atoms with van der Waals surface area (Å²) >= 11 is 0. The van der Waals surface area contributed by atoms with Crippen LogP contribution in [0.25, 0.3) is 0 Å². The number of benzene rings is 1. The van der Waals surface area contributed by atoms with Crippen molar-refractivity contribution in [2.24, 2.45) is 11.0 Å². The molecule has 1 saturated carbocycles. The number of hydrogen-bond acceptors (Lipinski definition) is 6. The standard InChI is InChI=1S/C17H17N3O5/c1-11-8-13(11)15-7-6-12(25-15)9-18-19-17(21)10-24-16-5-3-2-4-14(16)20(22)23/h2-7,9,11,13H,8,10H2,1H3,(H,19,21)/b18-9-/t11-,13+/m0/s1. The Bertz CT molecular complexity index is 814. The number of nitrogens with one attached hydrogen (secondary N) is 1. The van der Waals surface area contributed by atoms with Crippen molar-refractivity contribution in [3.63, 3.8) is 0 Å². The third kappa shape index (κ3) is 4.23. The minimum absolute atomic E-state index is 0.0286. The zero-order valence-electron chi connectivity index (χ0n) is 13.5. The highest BCUT2D eigenvalue weighted by molar-refractivity contribution is 5.81. The van der Waals surface area contributed by atoms with Crippen LogP contribution in [0.5, 0.6) is 5.75 Å². The number of rotatable bonds is 7. The van der Waals surface area contributed by atoms with Crippen molar-refractivity contribution in [1.82, 2.24) is 5.43 Å². The third-order valence-electron chi connectivity index (χ3n) is 3.92. The molecule has 8 nitrogen and oxygen atoms in total. The van der Waals surface area contributed by atoms with Crippen LogP contribution in [0, 0.1) is 16.0 Å². The van der Waals surface area contributed by atoms with Crippen molar-refractivity contribution in [1.29, 1.82) is 0 Å². The topological polar surface area (TPSA) is 107 Å². The fourth-order valence-corrected chi connectivity index (χ4v) is 2.43. The Morgan fingerprint density at radius 1 is 1.44 bits per heavy atom. The van der Waals surface area contributed by atoms with Crippen molar-refractivity contribution in [3.05, 3.63) is 58.0 Å². The number of nitrogens with zero attached hydrogens (tertiary/aromatic N) is 2. The van der Waals surface area contributed by atoms with Gasteiger partial charge in [0.1, 0.15) is 11.5 Å². The van der Waals surface area contributed by atoms with Crippen LogP contribution >= 0.6 is 0 Å². The smallest absolute Gasteiger partial charge is 0.310 e. The van der Waals surface area contributed by atoms with E-state index in [1.54, 1.807) is 12.1 Å². The summed E-state index contributed by atoms with van der Waals surface area (Å²) < 4.78 is 10.8. The largest absolute Gasteiger partial charge is 0.477 e. The van der Waals surface area contributed by atoms with Crippen LogP contribution < -0.4 is 10.2 Å². The number of carbonyl (C=O) groups excluding carboxylic acids is 1. The Balaban J connectivity index is 1.48. The van der Waals surface area contributed by atoms with E-state index in [0.717, 1.165) is 12.2 Å². The number of amides is 1. The Kier molecular flexibility index (Phi) is 4.78. The molecule has 1 fully saturated rings. The molecule has 1 heterocycles. The molecule has 25 heavy (non-hydrogen) atoms. The monoisotopic (exact) mass is 343 g/mol. The van der Waals surface area contributed by atoms with Crippen LogP contribution in [0.1, 0.15) is 30.8 Å². The number of ether oxygens (including phenoxy) is 1. The van der Waals surface area contributed by atoms with Crippen LogP contribution in [0.3, 0.4) is 0 Å². The minimum Gasteiger partial charge on any atom is -0.477 e. The summed E-state index contributed by atoms with van der Waals surface area (Å²) in [5.74, 6) is 2.11. The molecule has 1 aliphatic carbocycles. The fourth-order valence-electron chi connectivity index (χ4n) is 2.43. The molecule has 1 N–H and O–H groups in total. The molecule has 0 saturated heterocycles. The number of hydrazone groups is 1. The lowest BCUT2D eigenvalue weighted by Gasteiger charge is -2.05. The molecular weight excluding hydrogens is 326 g/mol. The van der Waals surface area contributed by atoms with Gasteiger partial charge >= 0.3 is 5.69 Å². The molecule has 130 valence electrons. The summed E-state index contributed by atoms with van der Waals surface area (Å²) in [6.07, 6.45) is 2.53. The number of para-hydroxylation sites is 2. The van der Waals surface area contributed by atoms with E-state index in [2.05, 4.69) is 17.5 Å². The summed E-state index contributed by atoms with van der Waals surface area (Å²) in [7, 11) is 0. The first kappa shape index (κ1) is 16.7. The SMILES string of the molecule is C[C@H]1C[C@H]1c1ccc(/C=N\NC(=O)COc2ccccc2[N+](=O)[O-])o1. The molecule has 2 aromatic rings. The molecule has 0 unspecified atom stereocenters. The Labute approximate surface area is 143 Å². The predicted octanol–water partition coefficient (Wildman–Crippen LogP) is 2.84. The van der Waals surface area contributed by atoms with Crippen LogP contribution in [0.4, 0.5) is 5.69 Å². The summed E-state index contributed by atoms with van der Waals surface area (Å²) in [5.41, 5.74) is 2.09. The number of hydrogen-bond donors (Lipinski definition) is 1. The zero-order chi connectivity index (χ0) is 17.8. The van der Waals surface area contributed by atoms with Gasteiger partial charge in [0.15, 0.2) is 12.4 Å². The second-order valence-electron chi connectivity index (χ2n) is 5.87. The van der Waals surface area contributed by atoms with E-state index < -0.39 is 10.8 Å². The molecule has 1 aliphatic rings. The fraction of sp³-hybridized carbons (Fsp3) is 0.294. The normalized spacial score (nSPS) is 18.9. The van der Waals surface area contributed by atoms with Crippen molar-refractivity contribution in [3.8, 4) is 5.75 Å². The van der Waals surface area contributed by atoms with E-state index in [9.17, 15) is 14.9 Å². The maximum atomic E-state index is 11.7. The van der Waals surface area contributed by atoms with E-state index in [1.165, 1.54) is 24.4 Å². The maximum absolute atomic E-state index is 11.7. The first-order valence-corrected chi connectivity index (χ1v) is 7.82. The van der Waals surface area contributed by atoms with Gasteiger partial charge in [0.2, 0.25) is 0 Å². The molecule has 1 aromatic heterocycles. The van der Waals surface area contributed by atoms with Gasteiger partial charge in [0.25, 0.3) is 5.91 Å². The highest BCUT2D eigenvalue weighted by Gasteiger charge is 2.36. The van der Waals surface area contributed by atoms with Crippen LogP contribution in [0.2, 0.25) is 0 Å². The average molecular weight is 343 g/mol. The molecular formula is C17H17N3O5. The molecule has 2 atom stereocenters. The lowest BCUT2D eigenvalue weighted by molar-refractivity contribution is -0.385. The predicted molar refractivity (Wildman–Crippen MR) is 89.6 cm³/mol. The van der Waals surface area contributed by atoms with E-state index >= 15 is 0 Å². The van der Waals surface area contributed by atoms with E-state index in [0.29, 0.717) is 17.6 Å². The Morgan fingerprint density at radius 2 is 2.20 bits per heavy atom. The van der Waals surface area contributed by atoms with Crippen molar-refractivity contribution in [2.75, 3.05) is 6.61 Å². The highest BCUT2D eigenvalue weighted by atomic mass is 16.6. The Morgan fingerprint density at radius 3 is 2.92 bits per heavy atom. The van der Waals surface area contributed by atoms with E-state index in [-0.39, 0.29) is 18.0 Å². The van der Waals surface area contributed by atoms with E-state index in [1.807, 2.05) is 6.07 Å².